The van der Waals surface area contributed by atoms with Crippen molar-refractivity contribution in [2.24, 2.45) is 5.10 Å². The number of rotatable bonds is 4. The summed E-state index contributed by atoms with van der Waals surface area (Å²) < 4.78 is 4.33. The molecule has 0 spiro atoms. The molecule has 0 aliphatic heterocycles. The van der Waals surface area contributed by atoms with Gasteiger partial charge in [0.1, 0.15) is 0 Å². The third-order valence-corrected chi connectivity index (χ3v) is 5.37. The van der Waals surface area contributed by atoms with Crippen molar-refractivity contribution in [2.45, 2.75) is 6.54 Å². The van der Waals surface area contributed by atoms with Crippen LogP contribution in [-0.4, -0.2) is 25.7 Å². The fourth-order valence-electron chi connectivity index (χ4n) is 3.57. The molecule has 0 aliphatic carbocycles. The Morgan fingerprint density at radius 2 is 1.66 bits per heavy atom. The van der Waals surface area contributed by atoms with Crippen LogP contribution in [-0.2, 0) is 6.54 Å². The van der Waals surface area contributed by atoms with Gasteiger partial charge in [0.15, 0.2) is 5.82 Å². The molecule has 5 aromatic rings. The summed E-state index contributed by atoms with van der Waals surface area (Å²) in [4.78, 5) is 0. The highest BCUT2D eigenvalue weighted by Crippen LogP contribution is 2.29. The van der Waals surface area contributed by atoms with Crippen LogP contribution in [0.15, 0.2) is 77.9 Å². The molecule has 0 fully saturated rings. The van der Waals surface area contributed by atoms with E-state index in [1.807, 2.05) is 36.4 Å². The average Bonchev–Trinajstić information content (AvgIpc) is 3.25. The number of para-hydroxylation sites is 2. The Morgan fingerprint density at radius 1 is 0.966 bits per heavy atom. The van der Waals surface area contributed by atoms with Gasteiger partial charge in [0.25, 0.3) is 0 Å². The summed E-state index contributed by atoms with van der Waals surface area (Å²) in [5, 5.41) is 14.9. The molecule has 0 saturated heterocycles. The molecule has 0 unspecified atom stereocenters. The molecule has 5 rings (SSSR count). The van der Waals surface area contributed by atoms with Gasteiger partial charge in [0, 0.05) is 26.8 Å². The first-order chi connectivity index (χ1) is 14.2. The molecular formula is C22H16ClN5S. The van der Waals surface area contributed by atoms with Crippen LogP contribution in [0.5, 0.6) is 0 Å². The number of halogens is 1. The van der Waals surface area contributed by atoms with Crippen LogP contribution in [0.25, 0.3) is 21.8 Å². The predicted octanol–water partition coefficient (Wildman–Crippen LogP) is 5.63. The standard InChI is InChI=1S/C22H16ClN5S/c23-16-7-5-6-15(12-16)13-24-28-21(25-26-22(28)29)14-27-19-10-3-1-8-17(19)18-9-2-4-11-20(18)27/h1-13H,14H2,(H,26,29)/b24-13+. The first kappa shape index (κ1) is 17.8. The van der Waals surface area contributed by atoms with Crippen LogP contribution in [0.1, 0.15) is 11.4 Å². The van der Waals surface area contributed by atoms with Crippen molar-refractivity contribution in [3.63, 3.8) is 0 Å². The lowest BCUT2D eigenvalue weighted by atomic mass is 10.2. The summed E-state index contributed by atoms with van der Waals surface area (Å²) in [6.45, 7) is 0.536. The lowest BCUT2D eigenvalue weighted by Crippen LogP contribution is -2.06. The number of nitrogens with one attached hydrogen (secondary N) is 1. The van der Waals surface area contributed by atoms with Gasteiger partial charge in [0.05, 0.1) is 12.8 Å². The maximum atomic E-state index is 6.06. The number of hydrogen-bond donors (Lipinski definition) is 1. The number of H-pyrrole nitrogens is 1. The van der Waals surface area contributed by atoms with Gasteiger partial charge < -0.3 is 4.57 Å². The SMILES string of the molecule is S=c1[nH]nc(Cn2c3ccccc3c3ccccc32)n1/N=C/c1cccc(Cl)c1. The minimum absolute atomic E-state index is 0.444. The third kappa shape index (κ3) is 3.26. The number of benzene rings is 3. The predicted molar refractivity (Wildman–Crippen MR) is 120 cm³/mol. The molecule has 3 aromatic carbocycles. The van der Waals surface area contributed by atoms with Gasteiger partial charge in [-0.25, -0.2) is 0 Å². The Bertz CT molecular complexity index is 1370. The molecule has 1 N–H and O–H groups in total. The summed E-state index contributed by atoms with van der Waals surface area (Å²) in [6.07, 6.45) is 1.73. The Morgan fingerprint density at radius 3 is 2.34 bits per heavy atom. The van der Waals surface area contributed by atoms with Crippen molar-refractivity contribution >= 4 is 51.8 Å². The molecule has 142 valence electrons. The largest absolute Gasteiger partial charge is 0.333 e. The fraction of sp³-hybridized carbons (Fsp3) is 0.0455. The molecule has 0 aliphatic rings. The topological polar surface area (TPSA) is 50.9 Å². The minimum Gasteiger partial charge on any atom is -0.333 e. The summed E-state index contributed by atoms with van der Waals surface area (Å²) in [6, 6.07) is 24.2. The summed E-state index contributed by atoms with van der Waals surface area (Å²) >= 11 is 11.5. The third-order valence-electron chi connectivity index (χ3n) is 4.87. The molecule has 0 bridgehead atoms. The maximum Gasteiger partial charge on any atom is 0.216 e. The normalized spacial score (nSPS) is 11.8. The second-order valence-electron chi connectivity index (χ2n) is 6.68. The highest BCUT2D eigenvalue weighted by atomic mass is 35.5. The zero-order valence-electron chi connectivity index (χ0n) is 15.3. The maximum absolute atomic E-state index is 6.06. The van der Waals surface area contributed by atoms with Crippen LogP contribution in [0.2, 0.25) is 5.02 Å². The van der Waals surface area contributed by atoms with Crippen molar-refractivity contribution in [3.8, 4) is 0 Å². The van der Waals surface area contributed by atoms with E-state index in [1.165, 1.54) is 10.8 Å². The fourth-order valence-corrected chi connectivity index (χ4v) is 3.97. The van der Waals surface area contributed by atoms with E-state index in [-0.39, 0.29) is 0 Å². The number of aromatic amines is 1. The van der Waals surface area contributed by atoms with E-state index < -0.39 is 0 Å². The summed E-state index contributed by atoms with van der Waals surface area (Å²) in [5.74, 6) is 0.722. The van der Waals surface area contributed by atoms with E-state index in [4.69, 9.17) is 23.8 Å². The summed E-state index contributed by atoms with van der Waals surface area (Å²) in [5.41, 5.74) is 3.18. The van der Waals surface area contributed by atoms with Crippen molar-refractivity contribution < 1.29 is 0 Å². The van der Waals surface area contributed by atoms with E-state index >= 15 is 0 Å². The molecule has 2 heterocycles. The van der Waals surface area contributed by atoms with Crippen molar-refractivity contribution in [2.75, 3.05) is 0 Å². The quantitative estimate of drug-likeness (QED) is 0.304. The molecular weight excluding hydrogens is 402 g/mol. The van der Waals surface area contributed by atoms with Crippen LogP contribution in [0.4, 0.5) is 0 Å². The van der Waals surface area contributed by atoms with E-state index in [2.05, 4.69) is 56.3 Å². The van der Waals surface area contributed by atoms with Crippen LogP contribution < -0.4 is 0 Å². The van der Waals surface area contributed by atoms with E-state index in [1.54, 1.807) is 10.9 Å². The Kier molecular flexibility index (Phi) is 4.50. The number of aromatic nitrogens is 4. The summed E-state index contributed by atoms with van der Waals surface area (Å²) in [7, 11) is 0. The zero-order valence-corrected chi connectivity index (χ0v) is 16.9. The monoisotopic (exact) mass is 417 g/mol. The highest BCUT2D eigenvalue weighted by molar-refractivity contribution is 7.71. The molecule has 29 heavy (non-hydrogen) atoms. The van der Waals surface area contributed by atoms with E-state index in [9.17, 15) is 0 Å². The Hall–Kier alpha value is -3.22. The van der Waals surface area contributed by atoms with Gasteiger partial charge in [-0.1, -0.05) is 60.1 Å². The average molecular weight is 418 g/mol. The van der Waals surface area contributed by atoms with E-state index in [0.717, 1.165) is 22.4 Å². The molecule has 0 radical (unpaired) electrons. The zero-order chi connectivity index (χ0) is 19.8. The molecule has 0 amide bonds. The minimum atomic E-state index is 0.444. The van der Waals surface area contributed by atoms with Gasteiger partial charge in [-0.2, -0.15) is 14.9 Å². The molecule has 5 nitrogen and oxygen atoms in total. The smallest absolute Gasteiger partial charge is 0.216 e. The van der Waals surface area contributed by atoms with Gasteiger partial charge in [-0.05, 0) is 42.0 Å². The first-order valence-electron chi connectivity index (χ1n) is 9.13. The van der Waals surface area contributed by atoms with Crippen molar-refractivity contribution in [1.82, 2.24) is 19.4 Å². The molecule has 0 atom stereocenters. The van der Waals surface area contributed by atoms with Gasteiger partial charge in [0.2, 0.25) is 4.77 Å². The van der Waals surface area contributed by atoms with Crippen LogP contribution in [0.3, 0.4) is 0 Å². The van der Waals surface area contributed by atoms with Crippen LogP contribution in [0, 0.1) is 4.77 Å². The van der Waals surface area contributed by atoms with Crippen molar-refractivity contribution in [3.05, 3.63) is 94.0 Å². The van der Waals surface area contributed by atoms with Crippen molar-refractivity contribution in [1.29, 1.82) is 0 Å². The second-order valence-corrected chi connectivity index (χ2v) is 7.50. The highest BCUT2D eigenvalue weighted by Gasteiger charge is 2.13. The first-order valence-corrected chi connectivity index (χ1v) is 9.91. The van der Waals surface area contributed by atoms with Gasteiger partial charge >= 0.3 is 0 Å². The molecule has 0 saturated carbocycles. The van der Waals surface area contributed by atoms with Gasteiger partial charge in [-0.15, -0.1) is 0 Å². The molecule has 2 aromatic heterocycles. The lowest BCUT2D eigenvalue weighted by Gasteiger charge is -2.07. The second kappa shape index (κ2) is 7.31. The number of fused-ring (bicyclic) bond motifs is 3. The Balaban J connectivity index is 1.60. The lowest BCUT2D eigenvalue weighted by molar-refractivity contribution is 0.716. The number of hydrogen-bond acceptors (Lipinski definition) is 3. The van der Waals surface area contributed by atoms with Crippen LogP contribution >= 0.6 is 23.8 Å². The molecule has 7 heteroatoms. The number of nitrogens with zero attached hydrogens (tertiary/aromatic N) is 4. The Labute approximate surface area is 176 Å². The van der Waals surface area contributed by atoms with E-state index in [0.29, 0.717) is 16.3 Å². The van der Waals surface area contributed by atoms with Gasteiger partial charge in [-0.3, -0.25) is 5.10 Å².